The summed E-state index contributed by atoms with van der Waals surface area (Å²) in [6.45, 7) is 0.0995. The molecule has 2 aromatic heterocycles. The smallest absolute Gasteiger partial charge is 0.378 e. The topological polar surface area (TPSA) is 64.2 Å². The number of nitrogens with one attached hydrogen (secondary N) is 1. The van der Waals surface area contributed by atoms with Gasteiger partial charge in [0.1, 0.15) is 0 Å². The van der Waals surface area contributed by atoms with Gasteiger partial charge in [0.25, 0.3) is 5.56 Å². The first kappa shape index (κ1) is 18.3. The highest BCUT2D eigenvalue weighted by Gasteiger charge is 2.33. The van der Waals surface area contributed by atoms with Gasteiger partial charge in [0.05, 0.1) is 28.0 Å². The summed E-state index contributed by atoms with van der Waals surface area (Å²) in [5.41, 5.74) is -0.266. The molecule has 0 radical (unpaired) electrons. The highest BCUT2D eigenvalue weighted by Crippen LogP contribution is 2.36. The molecule has 2 heterocycles. The maximum atomic E-state index is 13.0. The molecule has 0 aliphatic carbocycles. The molecule has 28 heavy (non-hydrogen) atoms. The van der Waals surface area contributed by atoms with Crippen molar-refractivity contribution in [1.29, 1.82) is 0 Å². The molecule has 6 nitrogen and oxygen atoms in total. The minimum atomic E-state index is -4.55. The summed E-state index contributed by atoms with van der Waals surface area (Å²) in [5, 5.41) is 11.2. The van der Waals surface area contributed by atoms with E-state index >= 15 is 0 Å². The molecule has 144 valence electrons. The third-order valence-electron chi connectivity index (χ3n) is 4.42. The van der Waals surface area contributed by atoms with Crippen LogP contribution in [0.2, 0.25) is 5.02 Å². The van der Waals surface area contributed by atoms with Crippen LogP contribution in [0, 0.1) is 0 Å². The molecule has 0 unspecified atom stereocenters. The standard InChI is InChI=1S/C18H13ClF3N5O/c1-26-16(28)11-4-2-3-5-14(11)27-15(24-25-17(26)27)9-23-10-6-7-13(19)12(8-10)18(20,21)22/h2-8,23H,9H2,1H3. The van der Waals surface area contributed by atoms with Gasteiger partial charge in [0, 0.05) is 12.7 Å². The molecular weight excluding hydrogens is 395 g/mol. The molecule has 1 N–H and O–H groups in total. The number of para-hydroxylation sites is 1. The molecule has 0 amide bonds. The van der Waals surface area contributed by atoms with Gasteiger partial charge in [0.2, 0.25) is 5.78 Å². The first-order chi connectivity index (χ1) is 13.3. The average Bonchev–Trinajstić information content (AvgIpc) is 3.09. The summed E-state index contributed by atoms with van der Waals surface area (Å²) in [4.78, 5) is 12.4. The molecule has 0 fully saturated rings. The summed E-state index contributed by atoms with van der Waals surface area (Å²) in [5.74, 6) is 0.790. The summed E-state index contributed by atoms with van der Waals surface area (Å²) >= 11 is 5.65. The number of benzene rings is 2. The second-order valence-electron chi connectivity index (χ2n) is 6.18. The Morgan fingerprint density at radius 1 is 1.14 bits per heavy atom. The van der Waals surface area contributed by atoms with E-state index in [9.17, 15) is 18.0 Å². The van der Waals surface area contributed by atoms with Crippen LogP contribution in [0.1, 0.15) is 11.4 Å². The maximum Gasteiger partial charge on any atom is 0.417 e. The Morgan fingerprint density at radius 2 is 1.89 bits per heavy atom. The molecule has 10 heteroatoms. The number of halogens is 4. The quantitative estimate of drug-likeness (QED) is 0.560. The van der Waals surface area contributed by atoms with Crippen LogP contribution in [0.3, 0.4) is 0 Å². The van der Waals surface area contributed by atoms with E-state index in [4.69, 9.17) is 11.6 Å². The summed E-state index contributed by atoms with van der Waals surface area (Å²) < 4.78 is 42.2. The number of anilines is 1. The van der Waals surface area contributed by atoms with Crippen molar-refractivity contribution >= 4 is 34.0 Å². The zero-order chi connectivity index (χ0) is 20.1. The van der Waals surface area contributed by atoms with E-state index < -0.39 is 11.7 Å². The Labute approximate surface area is 161 Å². The Balaban J connectivity index is 1.75. The fourth-order valence-electron chi connectivity index (χ4n) is 3.04. The first-order valence-corrected chi connectivity index (χ1v) is 8.57. The predicted octanol–water partition coefficient (Wildman–Crippen LogP) is 3.87. The molecule has 0 saturated carbocycles. The Morgan fingerprint density at radius 3 is 2.64 bits per heavy atom. The molecule has 0 bridgehead atoms. The van der Waals surface area contributed by atoms with Crippen molar-refractivity contribution in [1.82, 2.24) is 19.2 Å². The second-order valence-corrected chi connectivity index (χ2v) is 6.59. The Kier molecular flexibility index (Phi) is 4.26. The van der Waals surface area contributed by atoms with Gasteiger partial charge in [-0.3, -0.25) is 13.8 Å². The van der Waals surface area contributed by atoms with Crippen molar-refractivity contribution in [2.24, 2.45) is 7.05 Å². The van der Waals surface area contributed by atoms with Crippen LogP contribution in [-0.2, 0) is 19.8 Å². The largest absolute Gasteiger partial charge is 0.417 e. The number of nitrogens with zero attached hydrogens (tertiary/aromatic N) is 4. The van der Waals surface area contributed by atoms with Gasteiger partial charge < -0.3 is 5.32 Å². The molecule has 4 aromatic rings. The number of hydrogen-bond donors (Lipinski definition) is 1. The zero-order valence-corrected chi connectivity index (χ0v) is 15.2. The highest BCUT2D eigenvalue weighted by atomic mass is 35.5. The fraction of sp³-hybridized carbons (Fsp3) is 0.167. The van der Waals surface area contributed by atoms with Crippen molar-refractivity contribution in [3.8, 4) is 0 Å². The van der Waals surface area contributed by atoms with E-state index in [2.05, 4.69) is 15.5 Å². The minimum absolute atomic E-state index is 0.0995. The summed E-state index contributed by atoms with van der Waals surface area (Å²) in [7, 11) is 1.59. The summed E-state index contributed by atoms with van der Waals surface area (Å²) in [6.07, 6.45) is -4.55. The lowest BCUT2D eigenvalue weighted by Crippen LogP contribution is -2.20. The van der Waals surface area contributed by atoms with Crippen LogP contribution in [0.15, 0.2) is 47.3 Å². The van der Waals surface area contributed by atoms with Crippen LogP contribution in [0.5, 0.6) is 0 Å². The lowest BCUT2D eigenvalue weighted by atomic mass is 10.2. The SMILES string of the molecule is Cn1c(=O)c2ccccc2n2c(CNc3ccc(Cl)c(C(F)(F)F)c3)nnc12. The highest BCUT2D eigenvalue weighted by molar-refractivity contribution is 6.31. The predicted molar refractivity (Wildman–Crippen MR) is 99.5 cm³/mol. The first-order valence-electron chi connectivity index (χ1n) is 8.20. The number of rotatable bonds is 3. The number of hydrogen-bond acceptors (Lipinski definition) is 4. The van der Waals surface area contributed by atoms with Crippen LogP contribution in [0.4, 0.5) is 18.9 Å². The van der Waals surface area contributed by atoms with Crippen molar-refractivity contribution in [2.45, 2.75) is 12.7 Å². The van der Waals surface area contributed by atoms with E-state index in [1.54, 1.807) is 35.7 Å². The van der Waals surface area contributed by atoms with E-state index in [0.717, 1.165) is 6.07 Å². The van der Waals surface area contributed by atoms with Crippen LogP contribution >= 0.6 is 11.6 Å². The van der Waals surface area contributed by atoms with E-state index in [1.165, 1.54) is 16.7 Å². The lowest BCUT2D eigenvalue weighted by Gasteiger charge is -2.12. The maximum absolute atomic E-state index is 13.0. The Hall–Kier alpha value is -3.07. The van der Waals surface area contributed by atoms with Crippen molar-refractivity contribution in [3.63, 3.8) is 0 Å². The monoisotopic (exact) mass is 407 g/mol. The molecule has 0 spiro atoms. The van der Waals surface area contributed by atoms with Gasteiger partial charge in [-0.1, -0.05) is 23.7 Å². The number of alkyl halides is 3. The van der Waals surface area contributed by atoms with Gasteiger partial charge in [-0.05, 0) is 30.3 Å². The normalized spacial score (nSPS) is 12.0. The van der Waals surface area contributed by atoms with E-state index in [1.807, 2.05) is 0 Å². The van der Waals surface area contributed by atoms with Gasteiger partial charge >= 0.3 is 6.18 Å². The van der Waals surface area contributed by atoms with Gasteiger partial charge in [0.15, 0.2) is 5.82 Å². The van der Waals surface area contributed by atoms with Gasteiger partial charge in [-0.2, -0.15) is 13.2 Å². The average molecular weight is 408 g/mol. The second kappa shape index (κ2) is 6.52. The number of fused-ring (bicyclic) bond motifs is 3. The lowest BCUT2D eigenvalue weighted by molar-refractivity contribution is -0.137. The molecule has 2 aromatic carbocycles. The Bertz CT molecular complexity index is 1260. The number of aromatic nitrogens is 4. The zero-order valence-electron chi connectivity index (χ0n) is 14.5. The number of aryl methyl sites for hydroxylation is 1. The molecule has 0 aliphatic rings. The van der Waals surface area contributed by atoms with Crippen LogP contribution < -0.4 is 10.9 Å². The molecule has 0 aliphatic heterocycles. The van der Waals surface area contributed by atoms with E-state index in [-0.39, 0.29) is 22.8 Å². The fourth-order valence-corrected chi connectivity index (χ4v) is 3.26. The van der Waals surface area contributed by atoms with E-state index in [0.29, 0.717) is 22.5 Å². The van der Waals surface area contributed by atoms with Crippen LogP contribution in [0.25, 0.3) is 16.7 Å². The summed E-state index contributed by atoms with van der Waals surface area (Å²) in [6, 6.07) is 10.6. The van der Waals surface area contributed by atoms with Crippen molar-refractivity contribution < 1.29 is 13.2 Å². The molecule has 0 saturated heterocycles. The van der Waals surface area contributed by atoms with Gasteiger partial charge in [-0.25, -0.2) is 0 Å². The third-order valence-corrected chi connectivity index (χ3v) is 4.74. The van der Waals surface area contributed by atoms with Crippen molar-refractivity contribution in [2.75, 3.05) is 5.32 Å². The molecule has 4 rings (SSSR count). The minimum Gasteiger partial charge on any atom is -0.378 e. The third kappa shape index (κ3) is 2.97. The van der Waals surface area contributed by atoms with Crippen molar-refractivity contribution in [3.05, 3.63) is 69.2 Å². The molecule has 0 atom stereocenters. The molecular formula is C18H13ClF3N5O. The van der Waals surface area contributed by atoms with Crippen LogP contribution in [-0.4, -0.2) is 19.2 Å². The van der Waals surface area contributed by atoms with Gasteiger partial charge in [-0.15, -0.1) is 10.2 Å².